The normalized spacial score (nSPS) is 15.3. The lowest BCUT2D eigenvalue weighted by Crippen LogP contribution is -2.36. The molecule has 0 bridgehead atoms. The van der Waals surface area contributed by atoms with E-state index in [9.17, 15) is 4.79 Å². The van der Waals surface area contributed by atoms with Crippen LogP contribution in [0.5, 0.6) is 0 Å². The second-order valence-electron chi connectivity index (χ2n) is 6.37. The van der Waals surface area contributed by atoms with E-state index in [4.69, 9.17) is 0 Å². The van der Waals surface area contributed by atoms with E-state index in [1.54, 1.807) is 29.5 Å². The first kappa shape index (κ1) is 16.9. The third-order valence-electron chi connectivity index (χ3n) is 4.62. The van der Waals surface area contributed by atoms with Crippen molar-refractivity contribution in [3.63, 3.8) is 0 Å². The molecule has 0 radical (unpaired) electrons. The minimum absolute atomic E-state index is 0.125. The summed E-state index contributed by atoms with van der Waals surface area (Å²) in [5.41, 5.74) is 0.628. The van der Waals surface area contributed by atoms with Crippen molar-refractivity contribution in [3.8, 4) is 5.82 Å². The van der Waals surface area contributed by atoms with Gasteiger partial charge in [0.2, 0.25) is 5.95 Å². The first-order chi connectivity index (χ1) is 12.7. The highest BCUT2D eigenvalue weighted by molar-refractivity contribution is 9.10. The zero-order chi connectivity index (χ0) is 17.9. The fourth-order valence-corrected chi connectivity index (χ4v) is 3.43. The topological polar surface area (TPSA) is 92.6 Å². The molecular formula is C17H18BrN7O. The molecule has 134 valence electrons. The average molecular weight is 416 g/mol. The van der Waals surface area contributed by atoms with Gasteiger partial charge in [-0.25, -0.2) is 19.7 Å². The Labute approximate surface area is 158 Å². The molecule has 4 rings (SSSR count). The van der Waals surface area contributed by atoms with Crippen molar-refractivity contribution >= 4 is 21.9 Å². The van der Waals surface area contributed by atoms with Crippen molar-refractivity contribution < 1.29 is 0 Å². The number of anilines is 1. The summed E-state index contributed by atoms with van der Waals surface area (Å²) in [5.74, 6) is 1.84. The Kier molecular flexibility index (Phi) is 4.79. The molecule has 3 aromatic heterocycles. The van der Waals surface area contributed by atoms with Crippen LogP contribution in [0.3, 0.4) is 0 Å². The number of aromatic nitrogens is 6. The van der Waals surface area contributed by atoms with Crippen molar-refractivity contribution in [3.05, 3.63) is 57.3 Å². The van der Waals surface area contributed by atoms with Crippen LogP contribution in [0, 0.1) is 5.92 Å². The number of hydrogen-bond donors (Lipinski definition) is 1. The summed E-state index contributed by atoms with van der Waals surface area (Å²) in [6.45, 7) is 1.78. The summed E-state index contributed by atoms with van der Waals surface area (Å²) in [7, 11) is 0. The Morgan fingerprint density at radius 3 is 2.69 bits per heavy atom. The first-order valence-electron chi connectivity index (χ1n) is 8.50. The molecule has 8 nitrogen and oxygen atoms in total. The van der Waals surface area contributed by atoms with Crippen LogP contribution >= 0.6 is 15.9 Å². The molecule has 0 amide bonds. The van der Waals surface area contributed by atoms with Gasteiger partial charge in [-0.1, -0.05) is 0 Å². The lowest BCUT2D eigenvalue weighted by molar-refractivity contribution is 0.399. The summed E-state index contributed by atoms with van der Waals surface area (Å²) in [6.07, 6.45) is 9.76. The van der Waals surface area contributed by atoms with Gasteiger partial charge in [0.05, 0.1) is 4.47 Å². The SMILES string of the molecule is O=c1[nH]nc(-n2cccn2)cc1CC1CCN(c2ncc(Br)cn2)CC1. The zero-order valence-corrected chi connectivity index (χ0v) is 15.6. The van der Waals surface area contributed by atoms with E-state index in [2.05, 4.69) is 46.1 Å². The number of nitrogens with zero attached hydrogens (tertiary/aromatic N) is 6. The van der Waals surface area contributed by atoms with Gasteiger partial charge in [0.25, 0.3) is 5.56 Å². The number of hydrogen-bond acceptors (Lipinski definition) is 6. The summed E-state index contributed by atoms with van der Waals surface area (Å²) in [6, 6.07) is 3.66. The molecule has 1 saturated heterocycles. The van der Waals surface area contributed by atoms with Gasteiger partial charge in [0.1, 0.15) is 0 Å². The third kappa shape index (κ3) is 3.67. The molecule has 1 N–H and O–H groups in total. The van der Waals surface area contributed by atoms with Crippen LogP contribution in [0.15, 0.2) is 46.2 Å². The van der Waals surface area contributed by atoms with Crippen molar-refractivity contribution in [1.82, 2.24) is 29.9 Å². The maximum Gasteiger partial charge on any atom is 0.267 e. The van der Waals surface area contributed by atoms with Crippen LogP contribution in [-0.2, 0) is 6.42 Å². The molecule has 26 heavy (non-hydrogen) atoms. The van der Waals surface area contributed by atoms with E-state index in [0.29, 0.717) is 11.7 Å². The minimum atomic E-state index is -0.125. The number of piperidine rings is 1. The number of halogens is 1. The summed E-state index contributed by atoms with van der Waals surface area (Å²) >= 11 is 3.36. The molecule has 1 aliphatic rings. The van der Waals surface area contributed by atoms with E-state index in [1.165, 1.54) is 0 Å². The predicted molar refractivity (Wildman–Crippen MR) is 100 cm³/mol. The molecule has 0 aromatic carbocycles. The highest BCUT2D eigenvalue weighted by Crippen LogP contribution is 2.23. The number of aromatic amines is 1. The fourth-order valence-electron chi connectivity index (χ4n) is 3.22. The van der Waals surface area contributed by atoms with Crippen molar-refractivity contribution in [2.24, 2.45) is 5.92 Å². The molecular weight excluding hydrogens is 398 g/mol. The molecule has 0 atom stereocenters. The van der Waals surface area contributed by atoms with Gasteiger partial charge in [-0.15, -0.1) is 0 Å². The van der Waals surface area contributed by atoms with E-state index < -0.39 is 0 Å². The fraction of sp³-hybridized carbons (Fsp3) is 0.353. The minimum Gasteiger partial charge on any atom is -0.341 e. The van der Waals surface area contributed by atoms with Crippen molar-refractivity contribution in [2.75, 3.05) is 18.0 Å². The second-order valence-corrected chi connectivity index (χ2v) is 7.28. The molecule has 4 heterocycles. The van der Waals surface area contributed by atoms with E-state index >= 15 is 0 Å². The largest absolute Gasteiger partial charge is 0.341 e. The lowest BCUT2D eigenvalue weighted by Gasteiger charge is -2.31. The molecule has 0 unspecified atom stereocenters. The van der Waals surface area contributed by atoms with E-state index in [1.807, 2.05) is 12.1 Å². The molecule has 0 spiro atoms. The lowest BCUT2D eigenvalue weighted by atomic mass is 9.91. The molecule has 0 aliphatic carbocycles. The summed E-state index contributed by atoms with van der Waals surface area (Å²) in [5, 5.41) is 10.8. The maximum atomic E-state index is 12.1. The summed E-state index contributed by atoms with van der Waals surface area (Å²) in [4.78, 5) is 23.1. The van der Waals surface area contributed by atoms with Crippen LogP contribution in [0.25, 0.3) is 5.82 Å². The Bertz CT molecular complexity index is 915. The number of nitrogens with one attached hydrogen (secondary N) is 1. The van der Waals surface area contributed by atoms with Crippen LogP contribution in [-0.4, -0.2) is 43.0 Å². The van der Waals surface area contributed by atoms with E-state index in [0.717, 1.165) is 48.3 Å². The van der Waals surface area contributed by atoms with Gasteiger partial charge >= 0.3 is 0 Å². The molecule has 3 aromatic rings. The van der Waals surface area contributed by atoms with Crippen LogP contribution in [0.4, 0.5) is 5.95 Å². The molecule has 9 heteroatoms. The Morgan fingerprint density at radius 2 is 2.00 bits per heavy atom. The zero-order valence-electron chi connectivity index (χ0n) is 14.0. The number of H-pyrrole nitrogens is 1. The smallest absolute Gasteiger partial charge is 0.267 e. The van der Waals surface area contributed by atoms with Crippen molar-refractivity contribution in [1.29, 1.82) is 0 Å². The van der Waals surface area contributed by atoms with Gasteiger partial charge in [-0.3, -0.25) is 4.79 Å². The van der Waals surface area contributed by atoms with Gasteiger partial charge < -0.3 is 4.90 Å². The van der Waals surface area contributed by atoms with Crippen LogP contribution < -0.4 is 10.5 Å². The molecule has 0 saturated carbocycles. The third-order valence-corrected chi connectivity index (χ3v) is 5.03. The van der Waals surface area contributed by atoms with Gasteiger partial charge in [0.15, 0.2) is 5.82 Å². The first-order valence-corrected chi connectivity index (χ1v) is 9.29. The Balaban J connectivity index is 1.42. The Morgan fingerprint density at radius 1 is 1.23 bits per heavy atom. The van der Waals surface area contributed by atoms with E-state index in [-0.39, 0.29) is 5.56 Å². The summed E-state index contributed by atoms with van der Waals surface area (Å²) < 4.78 is 2.52. The van der Waals surface area contributed by atoms with Crippen molar-refractivity contribution in [2.45, 2.75) is 19.3 Å². The van der Waals surface area contributed by atoms with Gasteiger partial charge in [-0.05, 0) is 53.2 Å². The van der Waals surface area contributed by atoms with Crippen LogP contribution in [0.1, 0.15) is 18.4 Å². The average Bonchev–Trinajstić information content (AvgIpc) is 3.20. The maximum absolute atomic E-state index is 12.1. The van der Waals surface area contributed by atoms with Gasteiger partial charge in [-0.2, -0.15) is 10.2 Å². The standard InChI is InChI=1S/C17H18BrN7O/c18-14-10-19-17(20-11-14)24-6-2-12(3-7-24)8-13-9-15(22-23-16(13)26)25-5-1-4-21-25/h1,4-5,9-12H,2-3,6-8H2,(H,23,26). The highest BCUT2D eigenvalue weighted by Gasteiger charge is 2.22. The molecule has 1 fully saturated rings. The van der Waals surface area contributed by atoms with Gasteiger partial charge in [0, 0.05) is 43.4 Å². The quantitative estimate of drug-likeness (QED) is 0.699. The predicted octanol–water partition coefficient (Wildman–Crippen LogP) is 1.97. The highest BCUT2D eigenvalue weighted by atomic mass is 79.9. The second kappa shape index (κ2) is 7.36. The molecule has 1 aliphatic heterocycles. The van der Waals surface area contributed by atoms with Crippen LogP contribution in [0.2, 0.25) is 0 Å². The monoisotopic (exact) mass is 415 g/mol. The number of rotatable bonds is 4. The Hall–Kier alpha value is -2.55.